The van der Waals surface area contributed by atoms with Crippen LogP contribution in [0, 0.1) is 16.7 Å². The first-order valence-electron chi connectivity index (χ1n) is 16.0. The lowest BCUT2D eigenvalue weighted by molar-refractivity contribution is 0.0711. The van der Waals surface area contributed by atoms with Gasteiger partial charge in [-0.05, 0) is 49.8 Å². The van der Waals surface area contributed by atoms with Gasteiger partial charge in [0.1, 0.15) is 17.5 Å². The van der Waals surface area contributed by atoms with Crippen LogP contribution in [0.2, 0.25) is 0 Å². The Morgan fingerprint density at radius 2 is 1.85 bits per heavy atom. The van der Waals surface area contributed by atoms with E-state index in [2.05, 4.69) is 31.8 Å². The molecule has 1 saturated heterocycles. The van der Waals surface area contributed by atoms with E-state index in [9.17, 15) is 18.8 Å². The quantitative estimate of drug-likeness (QED) is 0.258. The van der Waals surface area contributed by atoms with Crippen molar-refractivity contribution in [3.63, 3.8) is 0 Å². The van der Waals surface area contributed by atoms with E-state index in [4.69, 9.17) is 4.98 Å². The average molecular weight is 639 g/mol. The van der Waals surface area contributed by atoms with Gasteiger partial charge in [0.25, 0.3) is 5.92 Å². The van der Waals surface area contributed by atoms with Crippen molar-refractivity contribution < 1.29 is 13.6 Å². The van der Waals surface area contributed by atoms with Gasteiger partial charge in [0, 0.05) is 68.7 Å². The molecule has 1 aliphatic heterocycles. The number of nitriles is 1. The Kier molecular flexibility index (Phi) is 7.95. The summed E-state index contributed by atoms with van der Waals surface area (Å²) in [6.07, 6.45) is 10.1. The molecular weight excluding hydrogens is 602 g/mol. The van der Waals surface area contributed by atoms with Crippen molar-refractivity contribution in [3.8, 4) is 17.2 Å². The minimum absolute atomic E-state index is 0.0415. The van der Waals surface area contributed by atoms with Crippen LogP contribution in [0.5, 0.6) is 0 Å². The van der Waals surface area contributed by atoms with Gasteiger partial charge in [-0.2, -0.15) is 15.3 Å². The largest absolute Gasteiger partial charge is 0.355 e. The first-order valence-corrected chi connectivity index (χ1v) is 16.0. The van der Waals surface area contributed by atoms with Crippen LogP contribution in [-0.4, -0.2) is 61.9 Å². The average Bonchev–Trinajstić information content (AvgIpc) is 3.42. The van der Waals surface area contributed by atoms with Gasteiger partial charge >= 0.3 is 6.03 Å². The van der Waals surface area contributed by atoms with Gasteiger partial charge in [-0.25, -0.2) is 23.5 Å². The second-order valence-corrected chi connectivity index (χ2v) is 12.8. The van der Waals surface area contributed by atoms with Crippen molar-refractivity contribution in [1.82, 2.24) is 30.0 Å². The molecule has 2 amide bonds. The number of carbonyl (C=O) groups is 1. The fourth-order valence-corrected chi connectivity index (χ4v) is 6.89. The van der Waals surface area contributed by atoms with E-state index >= 15 is 0 Å². The molecule has 7 rings (SSSR count). The maximum absolute atomic E-state index is 14.0. The number of nitrogens with one attached hydrogen (secondary N) is 2. The van der Waals surface area contributed by atoms with Gasteiger partial charge in [0.05, 0.1) is 17.8 Å². The third-order valence-electron chi connectivity index (χ3n) is 9.69. The predicted octanol–water partition coefficient (Wildman–Crippen LogP) is 5.52. The van der Waals surface area contributed by atoms with Gasteiger partial charge in [0.2, 0.25) is 5.95 Å². The molecule has 3 fully saturated rings. The maximum Gasteiger partial charge on any atom is 0.323 e. The summed E-state index contributed by atoms with van der Waals surface area (Å²) in [5.41, 5.74) is 2.14. The molecule has 3 aromatic heterocycles. The van der Waals surface area contributed by atoms with E-state index in [0.29, 0.717) is 37.1 Å². The Hall–Kier alpha value is -5.12. The standard InChI is InChI=1S/C34H36F2N10O/c1-44-20-26(19-41-44)24-7-12-29(38-17-24)46(32(47)40-16-23-5-3-2-4-6-23)28-10-8-27(9-11-28)42-31-39-18-25(15-37)30(43-31)45-14-13-33(22-45)21-34(33,35)36/h2-7,12,17-20,27-28H,8-11,13-14,16,21-22H2,1H3,(H,40,47)(H,39,42,43). The summed E-state index contributed by atoms with van der Waals surface area (Å²) in [6.45, 7) is 1.02. The third kappa shape index (κ3) is 6.19. The highest BCUT2D eigenvalue weighted by Gasteiger charge is 2.72. The van der Waals surface area contributed by atoms with Gasteiger partial charge in [-0.1, -0.05) is 30.3 Å². The number of hydrogen-bond acceptors (Lipinski definition) is 8. The highest BCUT2D eigenvalue weighted by molar-refractivity contribution is 5.91. The Balaban J connectivity index is 1.04. The van der Waals surface area contributed by atoms with Crippen molar-refractivity contribution in [3.05, 3.63) is 78.4 Å². The molecule has 3 aliphatic rings. The highest BCUT2D eigenvalue weighted by atomic mass is 19.3. The van der Waals surface area contributed by atoms with Crippen molar-refractivity contribution in [2.75, 3.05) is 28.2 Å². The number of aromatic nitrogens is 5. The number of hydrogen-bond donors (Lipinski definition) is 2. The smallest absolute Gasteiger partial charge is 0.323 e. The molecule has 2 N–H and O–H groups in total. The number of pyridine rings is 1. The number of carbonyl (C=O) groups excluding carboxylic acids is 1. The van der Waals surface area contributed by atoms with Crippen LogP contribution >= 0.6 is 0 Å². The predicted molar refractivity (Wildman–Crippen MR) is 173 cm³/mol. The van der Waals surface area contributed by atoms with Gasteiger partial charge < -0.3 is 15.5 Å². The Morgan fingerprint density at radius 3 is 2.49 bits per heavy atom. The number of anilines is 3. The SMILES string of the molecule is Cn1cc(-c2ccc(N(C(=O)NCc3ccccc3)C3CCC(Nc4ncc(C#N)c(N5CCC6(C5)CC6(F)F)n4)CC3)nc2)cn1. The summed E-state index contributed by atoms with van der Waals surface area (Å²) >= 11 is 0. The van der Waals surface area contributed by atoms with Crippen LogP contribution in [0.1, 0.15) is 49.7 Å². The van der Waals surface area contributed by atoms with Crippen LogP contribution in [-0.2, 0) is 13.6 Å². The monoisotopic (exact) mass is 638 g/mol. The number of alkyl halides is 2. The molecule has 1 aromatic carbocycles. The van der Waals surface area contributed by atoms with E-state index < -0.39 is 11.3 Å². The third-order valence-corrected chi connectivity index (χ3v) is 9.69. The summed E-state index contributed by atoms with van der Waals surface area (Å²) in [4.78, 5) is 31.0. The zero-order valence-electron chi connectivity index (χ0n) is 26.1. The lowest BCUT2D eigenvalue weighted by atomic mass is 9.90. The molecule has 4 aromatic rings. The van der Waals surface area contributed by atoms with Crippen LogP contribution in [0.25, 0.3) is 11.1 Å². The second kappa shape index (κ2) is 12.2. The Bertz CT molecular complexity index is 1780. The Morgan fingerprint density at radius 1 is 1.06 bits per heavy atom. The number of nitrogens with zero attached hydrogens (tertiary/aromatic N) is 8. The normalized spacial score (nSPS) is 22.9. The number of rotatable bonds is 8. The van der Waals surface area contributed by atoms with E-state index in [0.717, 1.165) is 42.4 Å². The van der Waals surface area contributed by atoms with Crippen molar-refractivity contribution in [2.45, 2.75) is 63.1 Å². The minimum atomic E-state index is -2.65. The molecular formula is C34H36F2N10O. The molecule has 11 nitrogen and oxygen atoms in total. The molecule has 4 heterocycles. The van der Waals surface area contributed by atoms with Crippen molar-refractivity contribution in [2.24, 2.45) is 12.5 Å². The number of benzene rings is 1. The fraction of sp³-hybridized carbons (Fsp3) is 0.412. The van der Waals surface area contributed by atoms with E-state index in [1.165, 1.54) is 6.20 Å². The summed E-state index contributed by atoms with van der Waals surface area (Å²) in [5, 5.41) is 20.4. The zero-order valence-corrected chi connectivity index (χ0v) is 26.1. The molecule has 2 aliphatic carbocycles. The molecule has 1 atom stereocenters. The molecule has 13 heteroatoms. The maximum atomic E-state index is 14.0. The summed E-state index contributed by atoms with van der Waals surface area (Å²) in [7, 11) is 1.86. The van der Waals surface area contributed by atoms with Gasteiger partial charge in [-0.15, -0.1) is 0 Å². The van der Waals surface area contributed by atoms with Crippen LogP contribution in [0.3, 0.4) is 0 Å². The van der Waals surface area contributed by atoms with E-state index in [1.807, 2.05) is 55.7 Å². The highest BCUT2D eigenvalue weighted by Crippen LogP contribution is 2.65. The molecule has 0 radical (unpaired) electrons. The lowest BCUT2D eigenvalue weighted by Gasteiger charge is -2.36. The summed E-state index contributed by atoms with van der Waals surface area (Å²) < 4.78 is 29.8. The van der Waals surface area contributed by atoms with Gasteiger partial charge in [0.15, 0.2) is 5.82 Å². The fourth-order valence-electron chi connectivity index (χ4n) is 6.89. The molecule has 0 bridgehead atoms. The molecule has 1 spiro atoms. The molecule has 242 valence electrons. The first-order chi connectivity index (χ1) is 22.7. The van der Waals surface area contributed by atoms with Crippen LogP contribution in [0.15, 0.2) is 67.3 Å². The first kappa shape index (κ1) is 30.5. The van der Waals surface area contributed by atoms with Gasteiger partial charge in [-0.3, -0.25) is 9.58 Å². The number of aryl methyl sites for hydroxylation is 1. The van der Waals surface area contributed by atoms with Crippen LogP contribution in [0.4, 0.5) is 31.2 Å². The van der Waals surface area contributed by atoms with E-state index in [1.54, 1.807) is 26.9 Å². The molecule has 47 heavy (non-hydrogen) atoms. The lowest BCUT2D eigenvalue weighted by Crippen LogP contribution is -2.49. The molecule has 2 saturated carbocycles. The topological polar surface area (TPSA) is 128 Å². The Labute approximate surface area is 271 Å². The van der Waals surface area contributed by atoms with Crippen LogP contribution < -0.4 is 20.4 Å². The molecule has 1 unspecified atom stereocenters. The minimum Gasteiger partial charge on any atom is -0.355 e. The van der Waals surface area contributed by atoms with Crippen molar-refractivity contribution in [1.29, 1.82) is 5.26 Å². The number of amides is 2. The van der Waals surface area contributed by atoms with Crippen molar-refractivity contribution >= 4 is 23.6 Å². The number of halogens is 2. The number of urea groups is 1. The van der Waals surface area contributed by atoms with E-state index in [-0.39, 0.29) is 36.6 Å². The summed E-state index contributed by atoms with van der Waals surface area (Å²) in [5.74, 6) is -1.30. The zero-order chi connectivity index (χ0) is 32.6. The second-order valence-electron chi connectivity index (χ2n) is 12.8. The summed E-state index contributed by atoms with van der Waals surface area (Å²) in [6, 6.07) is 15.5.